The third kappa shape index (κ3) is 4.26. The predicted octanol–water partition coefficient (Wildman–Crippen LogP) is 3.70. The lowest BCUT2D eigenvalue weighted by atomic mass is 10.1. The van der Waals surface area contributed by atoms with Crippen LogP contribution in [0, 0.1) is 0 Å². The van der Waals surface area contributed by atoms with E-state index in [0.717, 1.165) is 17.3 Å². The molecule has 4 heteroatoms. The lowest BCUT2D eigenvalue weighted by Crippen LogP contribution is -2.42. The first-order valence-electron chi connectivity index (χ1n) is 8.54. The summed E-state index contributed by atoms with van der Waals surface area (Å²) in [6.45, 7) is 10.1. The number of rotatable bonds is 7. The molecule has 2 aromatic carbocycles. The van der Waals surface area contributed by atoms with Gasteiger partial charge in [0.25, 0.3) is 5.91 Å². The lowest BCUT2D eigenvalue weighted by Gasteiger charge is -2.30. The molecule has 0 heterocycles. The highest BCUT2D eigenvalue weighted by atomic mass is 16.5. The van der Waals surface area contributed by atoms with Crippen LogP contribution in [0.5, 0.6) is 5.75 Å². The number of hydrogen-bond acceptors (Lipinski definition) is 3. The summed E-state index contributed by atoms with van der Waals surface area (Å²) < 4.78 is 5.41. The summed E-state index contributed by atoms with van der Waals surface area (Å²) in [6, 6.07) is 12.7. The summed E-state index contributed by atoms with van der Waals surface area (Å²) in [5.74, 6) is 0.515. The Bertz CT molecular complexity index is 687. The van der Waals surface area contributed by atoms with E-state index in [1.807, 2.05) is 36.4 Å². The monoisotopic (exact) mass is 328 g/mol. The van der Waals surface area contributed by atoms with Crippen LogP contribution in [-0.4, -0.2) is 43.1 Å². The molecule has 0 bridgehead atoms. The second kappa shape index (κ2) is 8.15. The molecular weight excluding hydrogens is 300 g/mol. The van der Waals surface area contributed by atoms with Crippen LogP contribution in [0.3, 0.4) is 0 Å². The molecule has 0 aliphatic heterocycles. The molecule has 130 valence electrons. The normalized spacial score (nSPS) is 11.5. The maximum absolute atomic E-state index is 12.6. The van der Waals surface area contributed by atoms with E-state index in [2.05, 4.69) is 37.9 Å². The smallest absolute Gasteiger partial charge is 0.255 e. The molecular formula is C20H28N2O2. The summed E-state index contributed by atoms with van der Waals surface area (Å²) >= 11 is 0. The largest absolute Gasteiger partial charge is 0.496 e. The molecule has 24 heavy (non-hydrogen) atoms. The molecule has 0 fully saturated rings. The first-order chi connectivity index (χ1) is 11.4. The molecule has 0 saturated carbocycles. The van der Waals surface area contributed by atoms with E-state index < -0.39 is 0 Å². The quantitative estimate of drug-likeness (QED) is 0.843. The number of carbonyl (C=O) groups is 1. The Morgan fingerprint density at radius 1 is 1.08 bits per heavy atom. The topological polar surface area (TPSA) is 41.6 Å². The van der Waals surface area contributed by atoms with Gasteiger partial charge in [-0.3, -0.25) is 9.69 Å². The van der Waals surface area contributed by atoms with Gasteiger partial charge in [0.15, 0.2) is 0 Å². The molecule has 0 aliphatic rings. The molecule has 2 aromatic rings. The van der Waals surface area contributed by atoms with E-state index in [0.29, 0.717) is 29.9 Å². The number of carbonyl (C=O) groups excluding carboxylic acids is 1. The average molecular weight is 328 g/mol. The molecule has 1 N–H and O–H groups in total. The third-order valence-electron chi connectivity index (χ3n) is 4.29. The van der Waals surface area contributed by atoms with Gasteiger partial charge in [-0.05, 0) is 50.6 Å². The van der Waals surface area contributed by atoms with Crippen molar-refractivity contribution < 1.29 is 9.53 Å². The van der Waals surface area contributed by atoms with Gasteiger partial charge in [0.1, 0.15) is 5.75 Å². The number of amides is 1. The number of fused-ring (bicyclic) bond motifs is 1. The molecule has 0 unspecified atom stereocenters. The van der Waals surface area contributed by atoms with Crippen molar-refractivity contribution in [1.29, 1.82) is 0 Å². The van der Waals surface area contributed by atoms with Crippen LogP contribution >= 0.6 is 0 Å². The van der Waals surface area contributed by atoms with E-state index >= 15 is 0 Å². The highest BCUT2D eigenvalue weighted by Crippen LogP contribution is 2.25. The minimum absolute atomic E-state index is 0.0925. The number of nitrogens with zero attached hydrogens (tertiary/aromatic N) is 1. The fourth-order valence-corrected chi connectivity index (χ4v) is 3.07. The molecule has 2 rings (SSSR count). The number of nitrogens with one attached hydrogen (secondary N) is 1. The van der Waals surface area contributed by atoms with Gasteiger partial charge >= 0.3 is 0 Å². The van der Waals surface area contributed by atoms with Gasteiger partial charge < -0.3 is 10.1 Å². The van der Waals surface area contributed by atoms with Crippen molar-refractivity contribution >= 4 is 16.7 Å². The van der Waals surface area contributed by atoms with Crippen molar-refractivity contribution in [3.63, 3.8) is 0 Å². The van der Waals surface area contributed by atoms with Crippen molar-refractivity contribution in [2.24, 2.45) is 0 Å². The minimum Gasteiger partial charge on any atom is -0.496 e. The van der Waals surface area contributed by atoms with Crippen LogP contribution in [-0.2, 0) is 0 Å². The number of methoxy groups -OCH3 is 1. The summed E-state index contributed by atoms with van der Waals surface area (Å²) in [7, 11) is 1.60. The van der Waals surface area contributed by atoms with Gasteiger partial charge in [0, 0.05) is 25.2 Å². The zero-order valence-electron chi connectivity index (χ0n) is 15.3. The molecule has 4 nitrogen and oxygen atoms in total. The second-order valence-corrected chi connectivity index (χ2v) is 6.58. The van der Waals surface area contributed by atoms with E-state index in [-0.39, 0.29) is 5.91 Å². The van der Waals surface area contributed by atoms with Gasteiger partial charge in [0.05, 0.1) is 12.7 Å². The highest BCUT2D eigenvalue weighted by molar-refractivity contribution is 6.01. The number of ether oxygens (including phenoxy) is 1. The zero-order valence-corrected chi connectivity index (χ0v) is 15.3. The Hall–Kier alpha value is -2.07. The SMILES string of the molecule is COc1cc2ccccc2cc1C(=O)NCCN(C(C)C)C(C)C. The van der Waals surface area contributed by atoms with Gasteiger partial charge in [-0.15, -0.1) is 0 Å². The first-order valence-corrected chi connectivity index (χ1v) is 8.54. The molecule has 0 radical (unpaired) electrons. The van der Waals surface area contributed by atoms with Gasteiger partial charge in [0.2, 0.25) is 0 Å². The maximum Gasteiger partial charge on any atom is 0.255 e. The Morgan fingerprint density at radius 2 is 1.67 bits per heavy atom. The van der Waals surface area contributed by atoms with Crippen molar-refractivity contribution in [1.82, 2.24) is 10.2 Å². The molecule has 0 spiro atoms. The van der Waals surface area contributed by atoms with Crippen molar-refractivity contribution in [3.8, 4) is 5.75 Å². The Morgan fingerprint density at radius 3 is 2.21 bits per heavy atom. The van der Waals surface area contributed by atoms with Crippen LogP contribution in [0.15, 0.2) is 36.4 Å². The van der Waals surface area contributed by atoms with E-state index in [1.165, 1.54) is 0 Å². The highest BCUT2D eigenvalue weighted by Gasteiger charge is 2.16. The second-order valence-electron chi connectivity index (χ2n) is 6.58. The lowest BCUT2D eigenvalue weighted by molar-refractivity contribution is 0.0936. The van der Waals surface area contributed by atoms with Crippen LogP contribution < -0.4 is 10.1 Å². The molecule has 0 aliphatic carbocycles. The predicted molar refractivity (Wildman–Crippen MR) is 99.8 cm³/mol. The summed E-state index contributed by atoms with van der Waals surface area (Å²) in [4.78, 5) is 14.9. The first kappa shape index (κ1) is 18.3. The third-order valence-corrected chi connectivity index (χ3v) is 4.29. The fourth-order valence-electron chi connectivity index (χ4n) is 3.07. The molecule has 0 atom stereocenters. The molecule has 0 saturated heterocycles. The number of hydrogen-bond donors (Lipinski definition) is 1. The Balaban J connectivity index is 2.10. The standard InChI is InChI=1S/C20H28N2O2/c1-14(2)22(15(3)4)11-10-21-20(23)18-12-16-8-6-7-9-17(16)13-19(18)24-5/h6-9,12-15H,10-11H2,1-5H3,(H,21,23). The average Bonchev–Trinajstić information content (AvgIpc) is 2.56. The van der Waals surface area contributed by atoms with Crippen molar-refractivity contribution in [3.05, 3.63) is 42.0 Å². The summed E-state index contributed by atoms with van der Waals surface area (Å²) in [5.41, 5.74) is 0.580. The van der Waals surface area contributed by atoms with Crippen molar-refractivity contribution in [2.45, 2.75) is 39.8 Å². The van der Waals surface area contributed by atoms with E-state index in [1.54, 1.807) is 7.11 Å². The van der Waals surface area contributed by atoms with Gasteiger partial charge in [-0.25, -0.2) is 0 Å². The van der Waals surface area contributed by atoms with Crippen molar-refractivity contribution in [2.75, 3.05) is 20.2 Å². The van der Waals surface area contributed by atoms with E-state index in [4.69, 9.17) is 4.74 Å². The minimum atomic E-state index is -0.0925. The van der Waals surface area contributed by atoms with Gasteiger partial charge in [-0.1, -0.05) is 24.3 Å². The Labute approximate surface area is 144 Å². The zero-order chi connectivity index (χ0) is 17.7. The Kier molecular flexibility index (Phi) is 6.21. The van der Waals surface area contributed by atoms with E-state index in [9.17, 15) is 4.79 Å². The molecule has 0 aromatic heterocycles. The van der Waals surface area contributed by atoms with Crippen LogP contribution in [0.25, 0.3) is 10.8 Å². The van der Waals surface area contributed by atoms with Crippen LogP contribution in [0.4, 0.5) is 0 Å². The molecule has 1 amide bonds. The number of benzene rings is 2. The fraction of sp³-hybridized carbons (Fsp3) is 0.450. The maximum atomic E-state index is 12.6. The summed E-state index contributed by atoms with van der Waals surface area (Å²) in [5, 5.41) is 5.12. The van der Waals surface area contributed by atoms with Crippen LogP contribution in [0.2, 0.25) is 0 Å². The van der Waals surface area contributed by atoms with Gasteiger partial charge in [-0.2, -0.15) is 0 Å². The summed E-state index contributed by atoms with van der Waals surface area (Å²) in [6.07, 6.45) is 0. The van der Waals surface area contributed by atoms with Crippen LogP contribution in [0.1, 0.15) is 38.1 Å².